The molecular formula is C13H14N2O2. The van der Waals surface area contributed by atoms with Crippen LogP contribution in [0.3, 0.4) is 0 Å². The molecule has 1 unspecified atom stereocenters. The number of fused-ring (bicyclic) bond motifs is 3. The summed E-state index contributed by atoms with van der Waals surface area (Å²) < 4.78 is 10.8. The molecule has 0 fully saturated rings. The molecule has 2 N–H and O–H groups in total. The predicted molar refractivity (Wildman–Crippen MR) is 65.6 cm³/mol. The van der Waals surface area contributed by atoms with Crippen molar-refractivity contribution in [3.8, 4) is 11.6 Å². The Morgan fingerprint density at radius 3 is 3.00 bits per heavy atom. The van der Waals surface area contributed by atoms with Crippen LogP contribution in [0.4, 0.5) is 0 Å². The van der Waals surface area contributed by atoms with Crippen molar-refractivity contribution >= 4 is 10.9 Å². The van der Waals surface area contributed by atoms with Crippen LogP contribution >= 0.6 is 0 Å². The van der Waals surface area contributed by atoms with Gasteiger partial charge in [0.2, 0.25) is 5.88 Å². The van der Waals surface area contributed by atoms with Crippen LogP contribution in [0.15, 0.2) is 24.3 Å². The molecule has 0 saturated heterocycles. The van der Waals surface area contributed by atoms with Gasteiger partial charge < -0.3 is 15.2 Å². The third-order valence-electron chi connectivity index (χ3n) is 3.18. The number of pyridine rings is 1. The highest BCUT2D eigenvalue weighted by molar-refractivity contribution is 5.85. The molecule has 1 aromatic heterocycles. The maximum absolute atomic E-state index is 5.77. The number of nitrogens with zero attached hydrogens (tertiary/aromatic N) is 1. The van der Waals surface area contributed by atoms with Gasteiger partial charge in [-0.2, -0.15) is 0 Å². The normalized spacial score (nSPS) is 17.9. The first-order valence-corrected chi connectivity index (χ1v) is 5.64. The Labute approximate surface area is 99.4 Å². The molecule has 88 valence electrons. The molecule has 1 aliphatic heterocycles. The Bertz CT molecular complexity index is 569. The van der Waals surface area contributed by atoms with E-state index in [9.17, 15) is 0 Å². The molecule has 2 heterocycles. The van der Waals surface area contributed by atoms with Crippen LogP contribution < -0.4 is 15.2 Å². The number of benzene rings is 1. The van der Waals surface area contributed by atoms with E-state index in [2.05, 4.69) is 4.98 Å². The van der Waals surface area contributed by atoms with Crippen molar-refractivity contribution in [2.45, 2.75) is 5.92 Å². The van der Waals surface area contributed by atoms with Gasteiger partial charge in [0, 0.05) is 29.5 Å². The minimum atomic E-state index is 0.230. The summed E-state index contributed by atoms with van der Waals surface area (Å²) in [6, 6.07) is 7.87. The molecule has 4 heteroatoms. The second kappa shape index (κ2) is 3.89. The van der Waals surface area contributed by atoms with Crippen molar-refractivity contribution in [3.63, 3.8) is 0 Å². The lowest BCUT2D eigenvalue weighted by Gasteiger charge is -2.09. The second-order valence-electron chi connectivity index (χ2n) is 4.15. The summed E-state index contributed by atoms with van der Waals surface area (Å²) >= 11 is 0. The predicted octanol–water partition coefficient (Wildman–Crippen LogP) is 1.68. The van der Waals surface area contributed by atoms with Crippen molar-refractivity contribution in [1.82, 2.24) is 4.98 Å². The average Bonchev–Trinajstić information content (AvgIpc) is 2.81. The quantitative estimate of drug-likeness (QED) is 0.852. The first-order chi connectivity index (χ1) is 8.33. The Kier molecular flexibility index (Phi) is 2.37. The van der Waals surface area contributed by atoms with Gasteiger partial charge in [-0.3, -0.25) is 0 Å². The molecule has 17 heavy (non-hydrogen) atoms. The molecule has 1 atom stereocenters. The van der Waals surface area contributed by atoms with Crippen molar-refractivity contribution in [3.05, 3.63) is 29.8 Å². The Morgan fingerprint density at radius 2 is 2.24 bits per heavy atom. The number of rotatable bonds is 2. The molecule has 0 amide bonds. The first kappa shape index (κ1) is 10.4. The zero-order valence-corrected chi connectivity index (χ0v) is 9.64. The number of ether oxygens (including phenoxy) is 2. The zero-order chi connectivity index (χ0) is 11.8. The molecule has 1 aromatic carbocycles. The summed E-state index contributed by atoms with van der Waals surface area (Å²) in [5.74, 6) is 1.75. The van der Waals surface area contributed by atoms with Gasteiger partial charge in [0.25, 0.3) is 0 Å². The fourth-order valence-corrected chi connectivity index (χ4v) is 2.27. The molecule has 0 saturated carbocycles. The smallest absolute Gasteiger partial charge is 0.213 e. The molecule has 0 aliphatic carbocycles. The van der Waals surface area contributed by atoms with Crippen LogP contribution in [0.5, 0.6) is 11.6 Å². The molecule has 2 aromatic rings. The molecule has 0 radical (unpaired) electrons. The minimum Gasteiger partial charge on any atom is -0.493 e. The van der Waals surface area contributed by atoms with Crippen molar-refractivity contribution in [1.29, 1.82) is 0 Å². The molecule has 3 rings (SSSR count). The van der Waals surface area contributed by atoms with Crippen molar-refractivity contribution < 1.29 is 9.47 Å². The number of hydrogen-bond donors (Lipinski definition) is 1. The summed E-state index contributed by atoms with van der Waals surface area (Å²) in [6.45, 7) is 1.22. The molecular weight excluding hydrogens is 216 g/mol. The highest BCUT2D eigenvalue weighted by Gasteiger charge is 2.26. The van der Waals surface area contributed by atoms with Gasteiger partial charge in [-0.1, -0.05) is 0 Å². The van der Waals surface area contributed by atoms with E-state index in [-0.39, 0.29) is 5.92 Å². The minimum absolute atomic E-state index is 0.230. The Balaban J connectivity index is 2.28. The number of hydrogen-bond acceptors (Lipinski definition) is 4. The van der Waals surface area contributed by atoms with Crippen LogP contribution in [-0.4, -0.2) is 25.2 Å². The van der Waals surface area contributed by atoms with Crippen LogP contribution in [0.25, 0.3) is 10.9 Å². The van der Waals surface area contributed by atoms with Gasteiger partial charge in [-0.25, -0.2) is 4.98 Å². The van der Waals surface area contributed by atoms with Crippen molar-refractivity contribution in [2.75, 3.05) is 20.3 Å². The average molecular weight is 230 g/mol. The molecule has 1 aliphatic rings. The van der Waals surface area contributed by atoms with E-state index in [0.717, 1.165) is 22.2 Å². The Morgan fingerprint density at radius 1 is 1.41 bits per heavy atom. The lowest BCUT2D eigenvalue weighted by Crippen LogP contribution is -2.13. The van der Waals surface area contributed by atoms with Gasteiger partial charge in [0.15, 0.2) is 0 Å². The lowest BCUT2D eigenvalue weighted by atomic mass is 9.98. The van der Waals surface area contributed by atoms with E-state index >= 15 is 0 Å². The van der Waals surface area contributed by atoms with Gasteiger partial charge >= 0.3 is 0 Å². The van der Waals surface area contributed by atoms with E-state index in [1.165, 1.54) is 0 Å². The standard InChI is InChI=1S/C13H14N2O2/c1-16-11-5-3-8-2-4-10-12(13(8)15-11)9(6-14)7-17-10/h2-5,9H,6-7,14H2,1H3. The van der Waals surface area contributed by atoms with Gasteiger partial charge in [-0.15, -0.1) is 0 Å². The number of nitrogens with two attached hydrogens (primary N) is 1. The molecule has 4 nitrogen and oxygen atoms in total. The van der Waals surface area contributed by atoms with Crippen LogP contribution in [0.2, 0.25) is 0 Å². The highest BCUT2D eigenvalue weighted by atomic mass is 16.5. The SMILES string of the molecule is COc1ccc2ccc3c(c2n1)C(CN)CO3. The summed E-state index contributed by atoms with van der Waals surface area (Å²) in [4.78, 5) is 4.51. The number of methoxy groups -OCH3 is 1. The molecule has 0 bridgehead atoms. The zero-order valence-electron chi connectivity index (χ0n) is 9.64. The van der Waals surface area contributed by atoms with Crippen molar-refractivity contribution in [2.24, 2.45) is 5.73 Å². The summed E-state index contributed by atoms with van der Waals surface area (Å²) in [6.07, 6.45) is 0. The monoisotopic (exact) mass is 230 g/mol. The highest BCUT2D eigenvalue weighted by Crippen LogP contribution is 2.38. The van der Waals surface area contributed by atoms with E-state index in [1.807, 2.05) is 24.3 Å². The fourth-order valence-electron chi connectivity index (χ4n) is 2.27. The van der Waals surface area contributed by atoms with Gasteiger partial charge in [0.05, 0.1) is 19.2 Å². The van der Waals surface area contributed by atoms with E-state index in [1.54, 1.807) is 7.11 Å². The maximum atomic E-state index is 5.77. The van der Waals surface area contributed by atoms with Crippen LogP contribution in [0, 0.1) is 0 Å². The van der Waals surface area contributed by atoms with E-state index < -0.39 is 0 Å². The number of aromatic nitrogens is 1. The second-order valence-corrected chi connectivity index (χ2v) is 4.15. The third-order valence-corrected chi connectivity index (χ3v) is 3.18. The molecule has 0 spiro atoms. The van der Waals surface area contributed by atoms with E-state index in [4.69, 9.17) is 15.2 Å². The largest absolute Gasteiger partial charge is 0.493 e. The van der Waals surface area contributed by atoms with E-state index in [0.29, 0.717) is 19.0 Å². The van der Waals surface area contributed by atoms with Crippen LogP contribution in [-0.2, 0) is 0 Å². The third kappa shape index (κ3) is 1.52. The first-order valence-electron chi connectivity index (χ1n) is 5.64. The summed E-state index contributed by atoms with van der Waals surface area (Å²) in [5, 5.41) is 1.09. The maximum Gasteiger partial charge on any atom is 0.213 e. The van der Waals surface area contributed by atoms with Gasteiger partial charge in [0.1, 0.15) is 5.75 Å². The topological polar surface area (TPSA) is 57.4 Å². The van der Waals surface area contributed by atoms with Crippen LogP contribution in [0.1, 0.15) is 11.5 Å². The Hall–Kier alpha value is -1.81. The summed E-state index contributed by atoms with van der Waals surface area (Å²) in [5.41, 5.74) is 7.83. The fraction of sp³-hybridized carbons (Fsp3) is 0.308. The lowest BCUT2D eigenvalue weighted by molar-refractivity contribution is 0.333. The van der Waals surface area contributed by atoms with Gasteiger partial charge in [-0.05, 0) is 18.2 Å². The summed E-state index contributed by atoms with van der Waals surface area (Å²) in [7, 11) is 1.62.